The number of amides is 5. The third-order valence-electron chi connectivity index (χ3n) is 10.2. The fraction of sp³-hybridized carbons (Fsp3) is 0.647. The van der Waals surface area contributed by atoms with Crippen LogP contribution in [-0.4, -0.2) is 106 Å². The van der Waals surface area contributed by atoms with Crippen LogP contribution >= 0.6 is 11.8 Å². The zero-order valence-electron chi connectivity index (χ0n) is 26.5. The number of carbonyl (C=O) groups is 4. The Bertz CT molecular complexity index is 1280. The second-order valence-corrected chi connectivity index (χ2v) is 14.5. The first-order valence-electron chi connectivity index (χ1n) is 16.9. The van der Waals surface area contributed by atoms with E-state index < -0.39 is 6.04 Å². The maximum atomic E-state index is 13.9. The van der Waals surface area contributed by atoms with E-state index in [0.29, 0.717) is 57.5 Å². The van der Waals surface area contributed by atoms with Gasteiger partial charge in [0.25, 0.3) is 0 Å². The third-order valence-corrected chi connectivity index (χ3v) is 11.5. The largest absolute Gasteiger partial charge is 0.343 e. The average Bonchev–Trinajstić information content (AvgIpc) is 3.48. The maximum Gasteiger partial charge on any atom is 0.322 e. The molecule has 0 aromatic heterocycles. The number of piperidine rings is 3. The lowest BCUT2D eigenvalue weighted by molar-refractivity contribution is -0.142. The molecule has 3 fully saturated rings. The van der Waals surface area contributed by atoms with E-state index in [-0.39, 0.29) is 42.6 Å². The molecule has 2 N–H and O–H groups in total. The number of para-hydroxylation sites is 1. The molecular weight excluding hydrogens is 588 g/mol. The van der Waals surface area contributed by atoms with Crippen molar-refractivity contribution in [2.45, 2.75) is 89.4 Å². The van der Waals surface area contributed by atoms with Gasteiger partial charge in [0.2, 0.25) is 17.7 Å². The molecule has 6 rings (SSSR count). The SMILES string of the molecule is CC1C=C(CC(=O)N[C@@H](CC(=O)N2CCC(N3Cc4ccccc4NC3=O)CC2)C(=O)N2CCC(N3CCCCC3)CC2)SC1. The Hall–Kier alpha value is -3.05. The predicted molar refractivity (Wildman–Crippen MR) is 177 cm³/mol. The lowest BCUT2D eigenvalue weighted by Crippen LogP contribution is -2.55. The van der Waals surface area contributed by atoms with Crippen molar-refractivity contribution < 1.29 is 19.2 Å². The fourth-order valence-corrected chi connectivity index (χ4v) is 8.70. The minimum atomic E-state index is -0.872. The highest BCUT2D eigenvalue weighted by Crippen LogP contribution is 2.31. The summed E-state index contributed by atoms with van der Waals surface area (Å²) in [4.78, 5) is 62.6. The average molecular weight is 637 g/mol. The number of anilines is 1. The van der Waals surface area contributed by atoms with E-state index in [2.05, 4.69) is 28.5 Å². The van der Waals surface area contributed by atoms with E-state index in [4.69, 9.17) is 0 Å². The quantitative estimate of drug-likeness (QED) is 0.447. The summed E-state index contributed by atoms with van der Waals surface area (Å²) in [5, 5.41) is 5.97. The number of benzene rings is 1. The number of nitrogens with one attached hydrogen (secondary N) is 2. The van der Waals surface area contributed by atoms with Crippen molar-refractivity contribution in [3.05, 3.63) is 40.8 Å². The Morgan fingerprint density at radius 2 is 1.62 bits per heavy atom. The van der Waals surface area contributed by atoms with Gasteiger partial charge < -0.3 is 30.2 Å². The van der Waals surface area contributed by atoms with E-state index in [1.165, 1.54) is 19.3 Å². The number of urea groups is 1. The van der Waals surface area contributed by atoms with Gasteiger partial charge in [-0.1, -0.05) is 37.6 Å². The number of likely N-dealkylation sites (tertiary alicyclic amines) is 3. The summed E-state index contributed by atoms with van der Waals surface area (Å²) in [6, 6.07) is 7.43. The van der Waals surface area contributed by atoms with Crippen LogP contribution in [0, 0.1) is 5.92 Å². The van der Waals surface area contributed by atoms with Crippen LogP contribution in [0.1, 0.15) is 70.3 Å². The first-order chi connectivity index (χ1) is 21.8. The highest BCUT2D eigenvalue weighted by molar-refractivity contribution is 8.03. The van der Waals surface area contributed by atoms with Crippen molar-refractivity contribution in [3.8, 4) is 0 Å². The van der Waals surface area contributed by atoms with Gasteiger partial charge in [-0.15, -0.1) is 11.8 Å². The zero-order valence-corrected chi connectivity index (χ0v) is 27.4. The zero-order chi connectivity index (χ0) is 31.3. The first kappa shape index (κ1) is 31.9. The molecule has 0 aliphatic carbocycles. The summed E-state index contributed by atoms with van der Waals surface area (Å²) in [6.07, 6.45) is 9.37. The maximum absolute atomic E-state index is 13.9. The molecule has 5 aliphatic rings. The van der Waals surface area contributed by atoms with Crippen molar-refractivity contribution in [2.24, 2.45) is 5.92 Å². The summed E-state index contributed by atoms with van der Waals surface area (Å²) >= 11 is 1.69. The third kappa shape index (κ3) is 7.85. The topological polar surface area (TPSA) is 105 Å². The molecule has 0 saturated carbocycles. The standard InChI is InChI=1S/C34H48N6O4S/c1-24-19-28(45-23-24)20-31(41)35-30(33(43)39-17-9-26(10-18-39)37-13-5-2-6-14-37)21-32(42)38-15-11-27(12-16-38)40-22-25-7-3-4-8-29(25)36-34(40)44/h3-4,7-8,19,24,26-27,30H,2,5-6,9-18,20-23H2,1H3,(H,35,41)(H,36,44)/t24?,30-/m0/s1. The summed E-state index contributed by atoms with van der Waals surface area (Å²) in [5.41, 5.74) is 1.95. The van der Waals surface area contributed by atoms with Gasteiger partial charge in [-0.25, -0.2) is 4.79 Å². The Balaban J connectivity index is 1.05. The molecule has 0 spiro atoms. The molecule has 0 bridgehead atoms. The Kier molecular flexibility index (Phi) is 10.3. The normalized spacial score (nSPS) is 24.1. The van der Waals surface area contributed by atoms with Gasteiger partial charge >= 0.3 is 6.03 Å². The second kappa shape index (κ2) is 14.6. The fourth-order valence-electron chi connectivity index (χ4n) is 7.57. The summed E-state index contributed by atoms with van der Waals surface area (Å²) < 4.78 is 0. The Labute approximate surface area is 271 Å². The van der Waals surface area contributed by atoms with Gasteiger partial charge in [0.15, 0.2) is 0 Å². The van der Waals surface area contributed by atoms with E-state index in [0.717, 1.165) is 47.8 Å². The molecular formula is C34H48N6O4S. The highest BCUT2D eigenvalue weighted by atomic mass is 32.2. The van der Waals surface area contributed by atoms with E-state index in [9.17, 15) is 19.2 Å². The van der Waals surface area contributed by atoms with Crippen LogP contribution in [0.25, 0.3) is 0 Å². The molecule has 1 unspecified atom stereocenters. The molecule has 3 saturated heterocycles. The summed E-state index contributed by atoms with van der Waals surface area (Å²) in [7, 11) is 0. The molecule has 10 nitrogen and oxygen atoms in total. The van der Waals surface area contributed by atoms with Gasteiger partial charge in [0, 0.05) is 56.2 Å². The van der Waals surface area contributed by atoms with Crippen molar-refractivity contribution in [2.75, 3.05) is 50.3 Å². The van der Waals surface area contributed by atoms with Crippen LogP contribution in [0.2, 0.25) is 0 Å². The lowest BCUT2D eigenvalue weighted by atomic mass is 9.98. The molecule has 5 aliphatic heterocycles. The van der Waals surface area contributed by atoms with Crippen LogP contribution in [0.4, 0.5) is 10.5 Å². The highest BCUT2D eigenvalue weighted by Gasteiger charge is 2.36. The van der Waals surface area contributed by atoms with Gasteiger partial charge in [-0.3, -0.25) is 14.4 Å². The minimum absolute atomic E-state index is 0.0402. The van der Waals surface area contributed by atoms with Crippen LogP contribution in [-0.2, 0) is 20.9 Å². The number of nitrogens with zero attached hydrogens (tertiary/aromatic N) is 4. The smallest absolute Gasteiger partial charge is 0.322 e. The number of allylic oxidation sites excluding steroid dienone is 1. The van der Waals surface area contributed by atoms with Crippen LogP contribution in [0.3, 0.4) is 0 Å². The van der Waals surface area contributed by atoms with E-state index in [1.54, 1.807) is 16.7 Å². The van der Waals surface area contributed by atoms with Gasteiger partial charge in [-0.05, 0) is 74.1 Å². The molecule has 0 radical (unpaired) electrons. The second-order valence-electron chi connectivity index (χ2n) is 13.4. The number of fused-ring (bicyclic) bond motifs is 1. The van der Waals surface area contributed by atoms with Gasteiger partial charge in [-0.2, -0.15) is 0 Å². The molecule has 5 heterocycles. The first-order valence-corrected chi connectivity index (χ1v) is 17.9. The predicted octanol–water partition coefficient (Wildman–Crippen LogP) is 4.03. The number of hydrogen-bond donors (Lipinski definition) is 2. The van der Waals surface area contributed by atoms with Crippen molar-refractivity contribution in [1.82, 2.24) is 24.9 Å². The van der Waals surface area contributed by atoms with Crippen molar-refractivity contribution in [1.29, 1.82) is 0 Å². The molecule has 1 aromatic rings. The minimum Gasteiger partial charge on any atom is -0.343 e. The summed E-state index contributed by atoms with van der Waals surface area (Å²) in [5.74, 6) is 0.941. The van der Waals surface area contributed by atoms with Crippen LogP contribution in [0.5, 0.6) is 0 Å². The molecule has 11 heteroatoms. The van der Waals surface area contributed by atoms with Crippen molar-refractivity contribution >= 4 is 41.2 Å². The van der Waals surface area contributed by atoms with Gasteiger partial charge in [0.05, 0.1) is 12.8 Å². The van der Waals surface area contributed by atoms with E-state index >= 15 is 0 Å². The molecule has 244 valence electrons. The molecule has 2 atom stereocenters. The molecule has 5 amide bonds. The number of thioether (sulfide) groups is 1. The van der Waals surface area contributed by atoms with Crippen LogP contribution < -0.4 is 10.6 Å². The van der Waals surface area contributed by atoms with Crippen LogP contribution in [0.15, 0.2) is 35.2 Å². The Morgan fingerprint density at radius 3 is 2.33 bits per heavy atom. The van der Waals surface area contributed by atoms with E-state index in [1.807, 2.05) is 34.1 Å². The molecule has 45 heavy (non-hydrogen) atoms. The van der Waals surface area contributed by atoms with Gasteiger partial charge in [0.1, 0.15) is 6.04 Å². The lowest BCUT2D eigenvalue weighted by Gasteiger charge is -2.41. The number of carbonyl (C=O) groups excluding carboxylic acids is 4. The summed E-state index contributed by atoms with van der Waals surface area (Å²) in [6.45, 7) is 7.34. The van der Waals surface area contributed by atoms with Crippen molar-refractivity contribution in [3.63, 3.8) is 0 Å². The number of rotatable bonds is 8. The number of hydrogen-bond acceptors (Lipinski definition) is 6. The monoisotopic (exact) mass is 636 g/mol. The Morgan fingerprint density at radius 1 is 0.933 bits per heavy atom. The molecule has 1 aromatic carbocycles.